The van der Waals surface area contributed by atoms with Gasteiger partial charge in [-0.15, -0.1) is 0 Å². The second-order valence-corrected chi connectivity index (χ2v) is 7.98. The second kappa shape index (κ2) is 11.2. The summed E-state index contributed by atoms with van der Waals surface area (Å²) in [6, 6.07) is 14.3. The van der Waals surface area contributed by atoms with Gasteiger partial charge >= 0.3 is 0 Å². The van der Waals surface area contributed by atoms with Gasteiger partial charge in [0.1, 0.15) is 6.04 Å². The van der Waals surface area contributed by atoms with Crippen LogP contribution >= 0.6 is 23.2 Å². The Balaban J connectivity index is 2.39. The quantitative estimate of drug-likeness (QED) is 0.584. The van der Waals surface area contributed by atoms with E-state index in [0.717, 1.165) is 17.5 Å². The molecule has 0 unspecified atom stereocenters. The van der Waals surface area contributed by atoms with Crippen LogP contribution in [0.4, 0.5) is 0 Å². The van der Waals surface area contributed by atoms with Crippen LogP contribution < -0.4 is 5.32 Å². The van der Waals surface area contributed by atoms with Gasteiger partial charge in [-0.25, -0.2) is 0 Å². The fourth-order valence-electron chi connectivity index (χ4n) is 3.03. The number of carbonyl (C=O) groups excluding carboxylic acids is 2. The van der Waals surface area contributed by atoms with Crippen LogP contribution in [0.1, 0.15) is 44.7 Å². The van der Waals surface area contributed by atoms with Gasteiger partial charge in [-0.3, -0.25) is 9.59 Å². The van der Waals surface area contributed by atoms with E-state index >= 15 is 0 Å². The average Bonchev–Trinajstić information content (AvgIpc) is 2.72. The number of hydrogen-bond acceptors (Lipinski definition) is 2. The van der Waals surface area contributed by atoms with E-state index in [2.05, 4.69) is 5.32 Å². The molecule has 2 aromatic carbocycles. The third kappa shape index (κ3) is 6.76. The molecule has 1 N–H and O–H groups in total. The standard InChI is InChI=1S/C23H28Cl2N2O2/c1-4-16(3)26-23(29)21(13-17-9-7-6-8-10-17)27(22(28)5-2)15-18-11-12-19(24)14-20(18)25/h6-12,14,16,21H,4-5,13,15H2,1-3H3,(H,26,29)/t16-,21-/m1/s1. The van der Waals surface area contributed by atoms with Gasteiger partial charge in [0.05, 0.1) is 0 Å². The monoisotopic (exact) mass is 434 g/mol. The summed E-state index contributed by atoms with van der Waals surface area (Å²) in [6.07, 6.45) is 1.54. The summed E-state index contributed by atoms with van der Waals surface area (Å²) in [5.74, 6) is -0.258. The molecule has 0 bridgehead atoms. The summed E-state index contributed by atoms with van der Waals surface area (Å²) in [5.41, 5.74) is 1.75. The highest BCUT2D eigenvalue weighted by molar-refractivity contribution is 6.35. The van der Waals surface area contributed by atoms with Crippen molar-refractivity contribution in [2.24, 2.45) is 0 Å². The number of carbonyl (C=O) groups is 2. The van der Waals surface area contributed by atoms with Crippen LogP contribution in [0.5, 0.6) is 0 Å². The van der Waals surface area contributed by atoms with Gasteiger partial charge in [-0.2, -0.15) is 0 Å². The Morgan fingerprint density at radius 1 is 1.07 bits per heavy atom. The van der Waals surface area contributed by atoms with Crippen LogP contribution in [0.25, 0.3) is 0 Å². The number of benzene rings is 2. The van der Waals surface area contributed by atoms with E-state index in [1.165, 1.54) is 0 Å². The van der Waals surface area contributed by atoms with E-state index in [0.29, 0.717) is 22.9 Å². The van der Waals surface area contributed by atoms with Crippen LogP contribution in [0.3, 0.4) is 0 Å². The topological polar surface area (TPSA) is 49.4 Å². The van der Waals surface area contributed by atoms with E-state index in [9.17, 15) is 9.59 Å². The van der Waals surface area contributed by atoms with Gasteiger partial charge in [0.15, 0.2) is 0 Å². The van der Waals surface area contributed by atoms with Crippen molar-refractivity contribution in [3.63, 3.8) is 0 Å². The van der Waals surface area contributed by atoms with Crippen LogP contribution in [-0.2, 0) is 22.6 Å². The molecule has 2 rings (SSSR count). The zero-order chi connectivity index (χ0) is 21.4. The van der Waals surface area contributed by atoms with E-state index in [1.54, 1.807) is 30.0 Å². The minimum Gasteiger partial charge on any atom is -0.352 e. The number of nitrogens with one attached hydrogen (secondary N) is 1. The molecule has 2 atom stereocenters. The highest BCUT2D eigenvalue weighted by Crippen LogP contribution is 2.24. The summed E-state index contributed by atoms with van der Waals surface area (Å²) < 4.78 is 0. The minimum absolute atomic E-state index is 0.0264. The van der Waals surface area contributed by atoms with Crippen LogP contribution in [0.2, 0.25) is 10.0 Å². The van der Waals surface area contributed by atoms with Crippen LogP contribution in [0.15, 0.2) is 48.5 Å². The lowest BCUT2D eigenvalue weighted by molar-refractivity contribution is -0.141. The van der Waals surface area contributed by atoms with Gasteiger partial charge < -0.3 is 10.2 Å². The Bertz CT molecular complexity index is 827. The van der Waals surface area contributed by atoms with Gasteiger partial charge in [0.25, 0.3) is 0 Å². The number of amides is 2. The van der Waals surface area contributed by atoms with Crippen molar-refractivity contribution in [2.75, 3.05) is 0 Å². The molecule has 6 heteroatoms. The smallest absolute Gasteiger partial charge is 0.243 e. The zero-order valence-corrected chi connectivity index (χ0v) is 18.6. The first-order valence-electron chi connectivity index (χ1n) is 9.93. The number of hydrogen-bond donors (Lipinski definition) is 1. The van der Waals surface area contributed by atoms with Crippen molar-refractivity contribution in [2.45, 2.75) is 58.7 Å². The lowest BCUT2D eigenvalue weighted by atomic mass is 10.0. The maximum Gasteiger partial charge on any atom is 0.243 e. The van der Waals surface area contributed by atoms with E-state index < -0.39 is 6.04 Å². The average molecular weight is 435 g/mol. The fraction of sp³-hybridized carbons (Fsp3) is 0.391. The Morgan fingerprint density at radius 3 is 2.34 bits per heavy atom. The normalized spacial score (nSPS) is 12.9. The predicted molar refractivity (Wildman–Crippen MR) is 119 cm³/mol. The Morgan fingerprint density at radius 2 is 1.76 bits per heavy atom. The Kier molecular flexibility index (Phi) is 8.99. The molecule has 0 aliphatic carbocycles. The summed E-state index contributed by atoms with van der Waals surface area (Å²) in [5, 5.41) is 4.04. The van der Waals surface area contributed by atoms with Crippen molar-refractivity contribution in [3.05, 3.63) is 69.7 Å². The van der Waals surface area contributed by atoms with Gasteiger partial charge in [-0.1, -0.05) is 73.4 Å². The van der Waals surface area contributed by atoms with Crippen molar-refractivity contribution in [1.29, 1.82) is 0 Å². The van der Waals surface area contributed by atoms with Crippen LogP contribution in [0, 0.1) is 0 Å². The molecule has 0 aromatic heterocycles. The zero-order valence-electron chi connectivity index (χ0n) is 17.1. The SMILES string of the molecule is CCC(=O)N(Cc1ccc(Cl)cc1Cl)[C@H](Cc1ccccc1)C(=O)N[C@H](C)CC. The maximum atomic E-state index is 13.1. The lowest BCUT2D eigenvalue weighted by Crippen LogP contribution is -2.52. The van der Waals surface area contributed by atoms with E-state index in [1.807, 2.05) is 44.2 Å². The van der Waals surface area contributed by atoms with Crippen LogP contribution in [-0.4, -0.2) is 28.8 Å². The van der Waals surface area contributed by atoms with E-state index in [-0.39, 0.29) is 24.4 Å². The molecule has 0 radical (unpaired) electrons. The van der Waals surface area contributed by atoms with Gasteiger partial charge in [0.2, 0.25) is 11.8 Å². The van der Waals surface area contributed by atoms with E-state index in [4.69, 9.17) is 23.2 Å². The molecule has 0 heterocycles. The highest BCUT2D eigenvalue weighted by atomic mass is 35.5. The molecule has 2 amide bonds. The number of halogens is 2. The molecule has 0 aliphatic rings. The maximum absolute atomic E-state index is 13.1. The molecule has 0 saturated carbocycles. The molecule has 29 heavy (non-hydrogen) atoms. The molecule has 0 aliphatic heterocycles. The van der Waals surface area contributed by atoms with Crippen molar-refractivity contribution >= 4 is 35.0 Å². The first kappa shape index (κ1) is 23.2. The molecule has 0 fully saturated rings. The van der Waals surface area contributed by atoms with Gasteiger partial charge in [-0.05, 0) is 36.6 Å². The Hall–Kier alpha value is -2.04. The summed E-state index contributed by atoms with van der Waals surface area (Å²) in [4.78, 5) is 27.6. The van der Waals surface area contributed by atoms with Crippen molar-refractivity contribution in [3.8, 4) is 0 Å². The number of nitrogens with zero attached hydrogens (tertiary/aromatic N) is 1. The molecule has 2 aromatic rings. The second-order valence-electron chi connectivity index (χ2n) is 7.13. The van der Waals surface area contributed by atoms with Crippen molar-refractivity contribution in [1.82, 2.24) is 10.2 Å². The van der Waals surface area contributed by atoms with Gasteiger partial charge in [0, 0.05) is 35.5 Å². The fourth-order valence-corrected chi connectivity index (χ4v) is 3.50. The third-order valence-electron chi connectivity index (χ3n) is 4.93. The predicted octanol–water partition coefficient (Wildman–Crippen LogP) is 5.26. The first-order valence-corrected chi connectivity index (χ1v) is 10.7. The van der Waals surface area contributed by atoms with Crippen molar-refractivity contribution < 1.29 is 9.59 Å². The molecule has 156 valence electrons. The highest BCUT2D eigenvalue weighted by Gasteiger charge is 2.30. The largest absolute Gasteiger partial charge is 0.352 e. The summed E-state index contributed by atoms with van der Waals surface area (Å²) in [6.45, 7) is 6.01. The lowest BCUT2D eigenvalue weighted by Gasteiger charge is -2.32. The Labute approximate surface area is 183 Å². The molecule has 0 saturated heterocycles. The first-order chi connectivity index (χ1) is 13.8. The molecular weight excluding hydrogens is 407 g/mol. The number of rotatable bonds is 9. The third-order valence-corrected chi connectivity index (χ3v) is 5.52. The molecule has 0 spiro atoms. The molecular formula is C23H28Cl2N2O2. The summed E-state index contributed by atoms with van der Waals surface area (Å²) in [7, 11) is 0. The minimum atomic E-state index is -0.634. The summed E-state index contributed by atoms with van der Waals surface area (Å²) >= 11 is 12.4. The molecule has 4 nitrogen and oxygen atoms in total.